The number of rotatable bonds is 4. The molecule has 1 aromatic carbocycles. The van der Waals surface area contributed by atoms with E-state index in [9.17, 15) is 5.11 Å². The summed E-state index contributed by atoms with van der Waals surface area (Å²) in [4.78, 5) is 13.6. The summed E-state index contributed by atoms with van der Waals surface area (Å²) in [5.41, 5.74) is 1.13. The van der Waals surface area contributed by atoms with Crippen LogP contribution in [-0.2, 0) is 6.54 Å². The smallest absolute Gasteiger partial charge is 0.173 e. The molecule has 0 radical (unpaired) electrons. The van der Waals surface area contributed by atoms with Crippen LogP contribution in [0, 0.1) is 0 Å². The lowest BCUT2D eigenvalue weighted by molar-refractivity contribution is 0.249. The van der Waals surface area contributed by atoms with Gasteiger partial charge in [0, 0.05) is 45.1 Å². The second kappa shape index (κ2) is 6.90. The number of anilines is 1. The van der Waals surface area contributed by atoms with Crippen molar-refractivity contribution in [3.05, 3.63) is 60.7 Å². The minimum atomic E-state index is 0.321. The number of aromatic nitrogens is 4. The molecule has 4 rings (SSSR count). The van der Waals surface area contributed by atoms with E-state index in [0.717, 1.165) is 49.9 Å². The number of aromatic hydroxyl groups is 1. The molecule has 25 heavy (non-hydrogen) atoms. The SMILES string of the molecule is Oc1cccc(CN2CCN(c3cncc(-n4cccn4)n3)CC2)c1. The highest BCUT2D eigenvalue weighted by atomic mass is 16.3. The van der Waals surface area contributed by atoms with Gasteiger partial charge in [-0.15, -0.1) is 0 Å². The molecule has 2 aromatic heterocycles. The summed E-state index contributed by atoms with van der Waals surface area (Å²) in [7, 11) is 0. The van der Waals surface area contributed by atoms with Gasteiger partial charge in [0.25, 0.3) is 0 Å². The highest BCUT2D eigenvalue weighted by molar-refractivity contribution is 5.40. The van der Waals surface area contributed by atoms with E-state index in [1.54, 1.807) is 29.3 Å². The Balaban J connectivity index is 1.39. The lowest BCUT2D eigenvalue weighted by Crippen LogP contribution is -2.46. The van der Waals surface area contributed by atoms with Crippen molar-refractivity contribution in [2.75, 3.05) is 31.1 Å². The molecule has 3 aromatic rings. The minimum Gasteiger partial charge on any atom is -0.508 e. The van der Waals surface area contributed by atoms with Crippen LogP contribution >= 0.6 is 0 Å². The molecular formula is C18H20N6O. The fraction of sp³-hybridized carbons (Fsp3) is 0.278. The Morgan fingerprint density at radius 1 is 1.00 bits per heavy atom. The van der Waals surface area contributed by atoms with E-state index in [1.165, 1.54) is 0 Å². The first-order valence-electron chi connectivity index (χ1n) is 8.35. The molecule has 0 atom stereocenters. The quantitative estimate of drug-likeness (QED) is 0.782. The molecule has 3 heterocycles. The summed E-state index contributed by atoms with van der Waals surface area (Å²) in [6.45, 7) is 4.54. The van der Waals surface area contributed by atoms with Gasteiger partial charge >= 0.3 is 0 Å². The number of phenolic OH excluding ortho intramolecular Hbond substituents is 1. The molecule has 0 amide bonds. The van der Waals surface area contributed by atoms with E-state index in [-0.39, 0.29) is 0 Å². The minimum absolute atomic E-state index is 0.321. The number of hydrogen-bond acceptors (Lipinski definition) is 6. The maximum Gasteiger partial charge on any atom is 0.173 e. The van der Waals surface area contributed by atoms with E-state index in [1.807, 2.05) is 30.5 Å². The molecule has 1 N–H and O–H groups in total. The van der Waals surface area contributed by atoms with Gasteiger partial charge in [-0.3, -0.25) is 9.88 Å². The number of nitrogens with zero attached hydrogens (tertiary/aromatic N) is 6. The van der Waals surface area contributed by atoms with Crippen LogP contribution in [0.3, 0.4) is 0 Å². The van der Waals surface area contributed by atoms with Gasteiger partial charge in [0.05, 0.1) is 12.4 Å². The Kier molecular flexibility index (Phi) is 4.30. The van der Waals surface area contributed by atoms with E-state index in [2.05, 4.69) is 24.9 Å². The van der Waals surface area contributed by atoms with E-state index >= 15 is 0 Å². The van der Waals surface area contributed by atoms with E-state index < -0.39 is 0 Å². The fourth-order valence-corrected chi connectivity index (χ4v) is 3.06. The van der Waals surface area contributed by atoms with Crippen molar-refractivity contribution < 1.29 is 5.11 Å². The number of hydrogen-bond donors (Lipinski definition) is 1. The van der Waals surface area contributed by atoms with Crippen molar-refractivity contribution in [2.24, 2.45) is 0 Å². The summed E-state index contributed by atoms with van der Waals surface area (Å²) in [6.07, 6.45) is 7.11. The average Bonchev–Trinajstić information content (AvgIpc) is 3.17. The standard InChI is InChI=1S/C18H20N6O/c25-16-4-1-3-15(11-16)14-22-7-9-23(10-8-22)17-12-19-13-18(21-17)24-6-2-5-20-24/h1-6,11-13,25H,7-10,14H2. The van der Waals surface area contributed by atoms with Crippen LogP contribution in [0.25, 0.3) is 5.82 Å². The first kappa shape index (κ1) is 15.6. The largest absolute Gasteiger partial charge is 0.508 e. The zero-order valence-corrected chi connectivity index (χ0v) is 13.9. The lowest BCUT2D eigenvalue weighted by Gasteiger charge is -2.35. The predicted octanol–water partition coefficient (Wildman–Crippen LogP) is 1.69. The Labute approximate surface area is 146 Å². The van der Waals surface area contributed by atoms with Crippen LogP contribution in [0.2, 0.25) is 0 Å². The number of piperazine rings is 1. The molecule has 1 aliphatic heterocycles. The van der Waals surface area contributed by atoms with Crippen molar-refractivity contribution in [1.29, 1.82) is 0 Å². The van der Waals surface area contributed by atoms with Crippen molar-refractivity contribution in [3.8, 4) is 11.6 Å². The Morgan fingerprint density at radius 2 is 1.84 bits per heavy atom. The monoisotopic (exact) mass is 336 g/mol. The fourth-order valence-electron chi connectivity index (χ4n) is 3.06. The third-order valence-corrected chi connectivity index (χ3v) is 4.36. The van der Waals surface area contributed by atoms with E-state index in [0.29, 0.717) is 5.75 Å². The Bertz CT molecular complexity index is 827. The van der Waals surface area contributed by atoms with Crippen molar-refractivity contribution in [1.82, 2.24) is 24.6 Å². The normalized spacial score (nSPS) is 15.4. The van der Waals surface area contributed by atoms with Crippen molar-refractivity contribution in [3.63, 3.8) is 0 Å². The van der Waals surface area contributed by atoms with Gasteiger partial charge in [0.15, 0.2) is 5.82 Å². The van der Waals surface area contributed by atoms with Gasteiger partial charge < -0.3 is 10.0 Å². The molecular weight excluding hydrogens is 316 g/mol. The van der Waals surface area contributed by atoms with Crippen LogP contribution < -0.4 is 4.90 Å². The second-order valence-corrected chi connectivity index (χ2v) is 6.12. The van der Waals surface area contributed by atoms with Gasteiger partial charge in [-0.25, -0.2) is 9.67 Å². The molecule has 0 bridgehead atoms. The van der Waals surface area contributed by atoms with Crippen LogP contribution in [-0.4, -0.2) is 55.9 Å². The second-order valence-electron chi connectivity index (χ2n) is 6.12. The van der Waals surface area contributed by atoms with Gasteiger partial charge in [-0.1, -0.05) is 12.1 Å². The third-order valence-electron chi connectivity index (χ3n) is 4.36. The summed E-state index contributed by atoms with van der Waals surface area (Å²) in [5.74, 6) is 1.93. The molecule has 0 unspecified atom stereocenters. The topological polar surface area (TPSA) is 70.3 Å². The van der Waals surface area contributed by atoms with Crippen LogP contribution in [0.15, 0.2) is 55.1 Å². The Hall–Kier alpha value is -2.93. The highest BCUT2D eigenvalue weighted by Crippen LogP contribution is 2.17. The third kappa shape index (κ3) is 3.61. The molecule has 0 saturated carbocycles. The maximum absolute atomic E-state index is 9.59. The van der Waals surface area contributed by atoms with Gasteiger partial charge in [-0.2, -0.15) is 5.10 Å². The molecule has 1 aliphatic rings. The first-order valence-corrected chi connectivity index (χ1v) is 8.35. The molecule has 1 fully saturated rings. The number of phenols is 1. The van der Waals surface area contributed by atoms with Gasteiger partial charge in [0.2, 0.25) is 0 Å². The average molecular weight is 336 g/mol. The summed E-state index contributed by atoms with van der Waals surface area (Å²) in [6, 6.07) is 9.33. The molecule has 128 valence electrons. The lowest BCUT2D eigenvalue weighted by atomic mass is 10.2. The van der Waals surface area contributed by atoms with Gasteiger partial charge in [-0.05, 0) is 23.8 Å². The van der Waals surface area contributed by atoms with Crippen molar-refractivity contribution >= 4 is 5.82 Å². The summed E-state index contributed by atoms with van der Waals surface area (Å²) >= 11 is 0. The molecule has 0 spiro atoms. The predicted molar refractivity (Wildman–Crippen MR) is 94.8 cm³/mol. The van der Waals surface area contributed by atoms with Crippen LogP contribution in [0.5, 0.6) is 5.75 Å². The zero-order chi connectivity index (χ0) is 17.1. The molecule has 7 nitrogen and oxygen atoms in total. The summed E-state index contributed by atoms with van der Waals surface area (Å²) in [5, 5.41) is 13.8. The van der Waals surface area contributed by atoms with Crippen molar-refractivity contribution in [2.45, 2.75) is 6.54 Å². The molecule has 7 heteroatoms. The first-order chi connectivity index (χ1) is 12.3. The van der Waals surface area contributed by atoms with E-state index in [4.69, 9.17) is 0 Å². The molecule has 1 saturated heterocycles. The molecule has 0 aliphatic carbocycles. The maximum atomic E-state index is 9.59. The summed E-state index contributed by atoms with van der Waals surface area (Å²) < 4.78 is 1.72. The van der Waals surface area contributed by atoms with Gasteiger partial charge in [0.1, 0.15) is 11.6 Å². The van der Waals surface area contributed by atoms with Crippen LogP contribution in [0.4, 0.5) is 5.82 Å². The Morgan fingerprint density at radius 3 is 2.60 bits per heavy atom. The number of benzene rings is 1. The zero-order valence-electron chi connectivity index (χ0n) is 13.9. The van der Waals surface area contributed by atoms with Crippen LogP contribution in [0.1, 0.15) is 5.56 Å². The highest BCUT2D eigenvalue weighted by Gasteiger charge is 2.19.